The van der Waals surface area contributed by atoms with Gasteiger partial charge in [0.25, 0.3) is 11.8 Å². The van der Waals surface area contributed by atoms with Gasteiger partial charge in [0.05, 0.1) is 71.2 Å². The number of nitrogens with one attached hydrogen (secondary N) is 2. The van der Waals surface area contributed by atoms with Gasteiger partial charge >= 0.3 is 11.9 Å². The van der Waals surface area contributed by atoms with Gasteiger partial charge < -0.3 is 47.7 Å². The van der Waals surface area contributed by atoms with E-state index < -0.39 is 161 Å². The van der Waals surface area contributed by atoms with Crippen molar-refractivity contribution in [2.24, 2.45) is 58.2 Å². The number of Topliss-reactive ketones (excluding diaryl/α,β-unsaturated/α-hetero) is 2. The third-order valence-electron chi connectivity index (χ3n) is 26.0. The Kier molecular flexibility index (Phi) is 25.2. The Morgan fingerprint density at radius 1 is 0.525 bits per heavy atom. The van der Waals surface area contributed by atoms with Crippen molar-refractivity contribution in [2.75, 3.05) is 39.5 Å². The minimum Gasteiger partial charge on any atom is -0.486 e. The zero-order chi connectivity index (χ0) is 85.0. The summed E-state index contributed by atoms with van der Waals surface area (Å²) in [6.07, 6.45) is 14.8. The Morgan fingerprint density at radius 2 is 0.898 bits per heavy atom. The average molecular weight is 1690 g/mol. The van der Waals surface area contributed by atoms with Gasteiger partial charge in [-0.15, -0.1) is 0 Å². The van der Waals surface area contributed by atoms with Gasteiger partial charge in [-0.25, -0.2) is 44.4 Å². The number of sulfonamides is 2. The van der Waals surface area contributed by atoms with Gasteiger partial charge in [0.2, 0.25) is 55.4 Å². The number of hydrogen-bond acceptors (Lipinski definition) is 22. The molecule has 118 heavy (non-hydrogen) atoms. The smallest absolute Gasteiger partial charge is 0.307 e. The molecule has 4 saturated carbocycles. The highest BCUT2D eigenvalue weighted by Crippen LogP contribution is 2.59. The van der Waals surface area contributed by atoms with Crippen LogP contribution in [-0.4, -0.2) is 181 Å². The minimum absolute atomic E-state index is 0.0191. The van der Waals surface area contributed by atoms with Crippen LogP contribution in [0.3, 0.4) is 0 Å². The topological polar surface area (TPSA) is 335 Å². The van der Waals surface area contributed by atoms with Crippen molar-refractivity contribution in [2.45, 2.75) is 255 Å². The summed E-state index contributed by atoms with van der Waals surface area (Å²) in [5.41, 5.74) is -6.97. The van der Waals surface area contributed by atoms with Crippen molar-refractivity contribution >= 4 is 88.7 Å². The van der Waals surface area contributed by atoms with Crippen molar-refractivity contribution in [1.82, 2.24) is 29.2 Å². The molecule has 4 aliphatic carbocycles. The molecule has 0 spiro atoms. The molecule has 6 aliphatic heterocycles. The van der Waals surface area contributed by atoms with E-state index in [1.54, 1.807) is 48.8 Å². The summed E-state index contributed by atoms with van der Waals surface area (Å²) in [6.45, 7) is 15.1. The standard InChI is InChI=1S/2C43H55F2N3O10S/c2*1-6-26-19-25(2)9-7-8-10-27-22-43(27,40(52)47-59(53,54)29-11-12-29)23-34(49)33-20-28(24-48(33)39(51)32(26)21-36(50)58-41(3,4)42(5,44)45)57-38-31-13-14-35-37(56-18-17-55-35)30(31)15-16-46-38/h2*8,10,13-16,25-29,32-33H,6-7,9,11-12,17-24H2,1-5H3,(H,47,52)/b2*10-8-/t25-,26+,27+,28+,32-,33-,43+;25-,26-,27-,28-,32+,33+,43-/m01/s1. The van der Waals surface area contributed by atoms with Crippen LogP contribution in [-0.2, 0) is 67.9 Å². The Bertz CT molecular complexity index is 4530. The molecule has 14 atom stereocenters. The number of rotatable bonds is 20. The number of pyridine rings is 2. The molecule has 0 radical (unpaired) electrons. The van der Waals surface area contributed by atoms with Gasteiger partial charge in [-0.1, -0.05) is 64.8 Å². The SMILES string of the molecule is CC[C@@H]1C[C@@H](C)CC/C=C\[C@@H]2C[C@@]2(C(=O)NS(=O)(=O)C2CC2)CC(=O)[C@@H]2C[C@@H](Oc3nccc4c5c(ccc34)OCCO5)CN2C(=O)[C@H]1CC(=O)OC(C)(C)C(C)(F)F.CC[C@@H]1C[C@H](C)CC/C=C\[C@@H]2C[C@@]2(C(=O)NS(=O)(=O)C2CC2)CC(=O)[C@@H]2C[C@@H](Oc3nccc4c5c(ccc34)OCCO5)CN2C(=O)[C@H]1CC(=O)OC(C)(C)C(C)(F)F. The third kappa shape index (κ3) is 18.9. The maximum absolute atomic E-state index is 15.1. The molecule has 4 aromatic rings. The van der Waals surface area contributed by atoms with E-state index >= 15 is 9.59 Å². The molecular weight excluding hydrogens is 1580 g/mol. The number of alkyl halides is 4. The lowest BCUT2D eigenvalue weighted by molar-refractivity contribution is -0.197. The van der Waals surface area contributed by atoms with Crippen LogP contribution in [0.25, 0.3) is 21.5 Å². The maximum Gasteiger partial charge on any atom is 0.307 e. The van der Waals surface area contributed by atoms with Crippen LogP contribution >= 0.6 is 0 Å². The minimum atomic E-state index is -3.92. The molecule has 6 fully saturated rings. The Balaban J connectivity index is 0.000000205. The van der Waals surface area contributed by atoms with E-state index in [4.69, 9.17) is 37.9 Å². The molecular formula is C86H110F4N6O20S2. The summed E-state index contributed by atoms with van der Waals surface area (Å²) in [7, 11) is -7.83. The fourth-order valence-corrected chi connectivity index (χ4v) is 20.4. The maximum atomic E-state index is 15.1. The average Bonchev–Trinajstić information content (AvgIpc) is 1.56. The number of aromatic nitrogens is 2. The van der Waals surface area contributed by atoms with Crippen LogP contribution in [0, 0.1) is 58.2 Å². The summed E-state index contributed by atoms with van der Waals surface area (Å²) < 4.78 is 161. The molecule has 14 rings (SSSR count). The number of carbonyl (C=O) groups excluding carboxylic acids is 8. The molecule has 8 heterocycles. The molecule has 32 heteroatoms. The van der Waals surface area contributed by atoms with Crippen LogP contribution in [0.2, 0.25) is 0 Å². The second-order valence-corrected chi connectivity index (χ2v) is 39.5. The van der Waals surface area contributed by atoms with Crippen molar-refractivity contribution in [1.29, 1.82) is 0 Å². The summed E-state index contributed by atoms with van der Waals surface area (Å²) >= 11 is 0. The van der Waals surface area contributed by atoms with Crippen molar-refractivity contribution in [3.63, 3.8) is 0 Å². The van der Waals surface area contributed by atoms with E-state index in [0.717, 1.165) is 40.5 Å². The van der Waals surface area contributed by atoms with E-state index in [2.05, 4.69) is 19.4 Å². The Labute approximate surface area is 686 Å². The number of halogens is 4. The van der Waals surface area contributed by atoms with E-state index in [9.17, 15) is 63.2 Å². The quantitative estimate of drug-likeness (QED) is 0.0471. The van der Waals surface area contributed by atoms with Crippen LogP contribution < -0.4 is 37.9 Å². The molecule has 4 amide bonds. The zero-order valence-electron chi connectivity index (χ0n) is 68.7. The summed E-state index contributed by atoms with van der Waals surface area (Å²) in [5, 5.41) is 1.35. The lowest BCUT2D eigenvalue weighted by Gasteiger charge is -2.35. The van der Waals surface area contributed by atoms with E-state index in [0.29, 0.717) is 149 Å². The number of fused-ring (bicyclic) bond motifs is 10. The number of amides is 4. The highest BCUT2D eigenvalue weighted by atomic mass is 32.2. The number of hydrogen-bond donors (Lipinski definition) is 2. The van der Waals surface area contributed by atoms with Crippen LogP contribution in [0.4, 0.5) is 17.6 Å². The summed E-state index contributed by atoms with van der Waals surface area (Å²) in [5.74, 6) is -12.7. The molecule has 2 saturated heterocycles. The molecule has 0 unspecified atom stereocenters. The second kappa shape index (κ2) is 34.1. The highest BCUT2D eigenvalue weighted by molar-refractivity contribution is 7.91. The first kappa shape index (κ1) is 87.1. The van der Waals surface area contributed by atoms with Gasteiger partial charge in [-0.3, -0.25) is 47.8 Å². The number of ether oxygens (including phenoxy) is 8. The van der Waals surface area contributed by atoms with Crippen molar-refractivity contribution < 1.29 is 111 Å². The molecule has 644 valence electrons. The first-order chi connectivity index (χ1) is 55.7. The molecule has 2 aromatic carbocycles. The molecule has 2 aromatic heterocycles. The van der Waals surface area contributed by atoms with Crippen LogP contribution in [0.1, 0.15) is 198 Å². The van der Waals surface area contributed by atoms with Gasteiger partial charge in [0.15, 0.2) is 45.8 Å². The first-order valence-corrected chi connectivity index (χ1v) is 44.7. The number of carbonyl (C=O) groups is 8. The van der Waals surface area contributed by atoms with Gasteiger partial charge in [-0.2, -0.15) is 0 Å². The predicted octanol–water partition coefficient (Wildman–Crippen LogP) is 12.6. The molecule has 0 bridgehead atoms. The van der Waals surface area contributed by atoms with Crippen molar-refractivity contribution in [3.05, 3.63) is 73.1 Å². The molecule has 10 aliphatic rings. The van der Waals surface area contributed by atoms with Crippen LogP contribution in [0.5, 0.6) is 34.8 Å². The fourth-order valence-electron chi connectivity index (χ4n) is 17.7. The van der Waals surface area contributed by atoms with E-state index in [1.807, 2.05) is 52.0 Å². The van der Waals surface area contributed by atoms with Gasteiger partial charge in [0.1, 0.15) is 38.6 Å². The first-order valence-electron chi connectivity index (χ1n) is 41.7. The lowest BCUT2D eigenvalue weighted by Crippen LogP contribution is -2.48. The number of ketones is 2. The highest BCUT2D eigenvalue weighted by Gasteiger charge is 2.64. The van der Waals surface area contributed by atoms with Crippen LogP contribution in [0.15, 0.2) is 73.1 Å². The second-order valence-electron chi connectivity index (χ2n) is 35.5. The number of benzene rings is 2. The third-order valence-corrected chi connectivity index (χ3v) is 29.6. The largest absolute Gasteiger partial charge is 0.486 e. The summed E-state index contributed by atoms with van der Waals surface area (Å²) in [4.78, 5) is 126. The monoisotopic (exact) mass is 1690 g/mol. The van der Waals surface area contributed by atoms with Gasteiger partial charge in [0, 0.05) is 73.5 Å². The Hall–Kier alpha value is -8.68. The predicted molar refractivity (Wildman–Crippen MR) is 425 cm³/mol. The number of nitrogens with zero attached hydrogens (tertiary/aromatic N) is 4. The van der Waals surface area contributed by atoms with Gasteiger partial charge in [-0.05, 0) is 177 Å². The number of esters is 2. The molecule has 2 N–H and O–H groups in total. The number of allylic oxidation sites excluding steroid dienone is 4. The Morgan fingerprint density at radius 3 is 1.25 bits per heavy atom. The van der Waals surface area contributed by atoms with E-state index in [1.165, 1.54) is 9.80 Å². The van der Waals surface area contributed by atoms with Crippen molar-refractivity contribution in [3.8, 4) is 34.8 Å². The summed E-state index contributed by atoms with van der Waals surface area (Å²) in [6, 6.07) is 8.44. The van der Waals surface area contributed by atoms with E-state index in [-0.39, 0.29) is 98.9 Å². The normalized spacial score (nSPS) is 29.7. The lowest BCUT2D eigenvalue weighted by atomic mass is 9.79. The zero-order valence-corrected chi connectivity index (χ0v) is 70.3. The fraction of sp³-hybridized carbons (Fsp3) is 0.651. The molecule has 26 nitrogen and oxygen atoms in total.